The molecule has 0 aliphatic carbocycles. The summed E-state index contributed by atoms with van der Waals surface area (Å²) < 4.78 is 3.36. The van der Waals surface area contributed by atoms with Crippen molar-refractivity contribution >= 4 is 27.0 Å². The van der Waals surface area contributed by atoms with E-state index < -0.39 is 0 Å². The summed E-state index contributed by atoms with van der Waals surface area (Å²) in [6.07, 6.45) is 3.64. The van der Waals surface area contributed by atoms with Crippen molar-refractivity contribution in [1.29, 1.82) is 0 Å². The van der Waals surface area contributed by atoms with E-state index in [1.807, 2.05) is 0 Å². The molecule has 3 rings (SSSR count). The third kappa shape index (κ3) is 2.31. The first-order valence-corrected chi connectivity index (χ1v) is 7.35. The van der Waals surface area contributed by atoms with E-state index in [-0.39, 0.29) is 0 Å². The van der Waals surface area contributed by atoms with Crippen molar-refractivity contribution in [2.45, 2.75) is 19.3 Å². The van der Waals surface area contributed by atoms with E-state index in [9.17, 15) is 0 Å². The Morgan fingerprint density at radius 3 is 2.94 bits per heavy atom. The molecule has 0 bridgehead atoms. The molecule has 0 saturated carbocycles. The largest absolute Gasteiger partial charge is 0.331 e. The first-order valence-electron chi connectivity index (χ1n) is 6.55. The van der Waals surface area contributed by atoms with Gasteiger partial charge in [-0.15, -0.1) is 0 Å². The van der Waals surface area contributed by atoms with Gasteiger partial charge in [-0.1, -0.05) is 15.9 Å². The smallest absolute Gasteiger partial charge is 0.109 e. The van der Waals surface area contributed by atoms with Gasteiger partial charge in [-0.25, -0.2) is 4.98 Å². The lowest BCUT2D eigenvalue weighted by Crippen LogP contribution is -2.29. The van der Waals surface area contributed by atoms with Gasteiger partial charge in [0.1, 0.15) is 5.82 Å². The number of hydrogen-bond donors (Lipinski definition) is 1. The second kappa shape index (κ2) is 5.02. The zero-order valence-electron chi connectivity index (χ0n) is 10.6. The van der Waals surface area contributed by atoms with Crippen LogP contribution in [0.5, 0.6) is 0 Å². The Kier molecular flexibility index (Phi) is 3.39. The van der Waals surface area contributed by atoms with Gasteiger partial charge in [-0.2, -0.15) is 0 Å². The van der Waals surface area contributed by atoms with Gasteiger partial charge < -0.3 is 9.88 Å². The average Bonchev–Trinajstić information content (AvgIpc) is 2.68. The van der Waals surface area contributed by atoms with E-state index in [0.29, 0.717) is 0 Å². The quantitative estimate of drug-likeness (QED) is 0.924. The van der Waals surface area contributed by atoms with Gasteiger partial charge in [0, 0.05) is 17.9 Å². The van der Waals surface area contributed by atoms with Crippen LogP contribution >= 0.6 is 15.9 Å². The highest BCUT2D eigenvalue weighted by Gasteiger charge is 2.17. The third-order valence-corrected chi connectivity index (χ3v) is 4.36. The molecule has 0 unspecified atom stereocenters. The van der Waals surface area contributed by atoms with Crippen LogP contribution in [-0.2, 0) is 13.5 Å². The molecular weight excluding hydrogens is 290 g/mol. The van der Waals surface area contributed by atoms with E-state index in [1.165, 1.54) is 24.2 Å². The first-order chi connectivity index (χ1) is 8.74. The molecule has 2 heterocycles. The Balaban J connectivity index is 1.89. The van der Waals surface area contributed by atoms with Crippen molar-refractivity contribution in [1.82, 2.24) is 14.9 Å². The number of nitrogens with zero attached hydrogens (tertiary/aromatic N) is 2. The van der Waals surface area contributed by atoms with Crippen LogP contribution in [0.25, 0.3) is 11.0 Å². The van der Waals surface area contributed by atoms with Gasteiger partial charge in [0.15, 0.2) is 0 Å². The number of halogens is 1. The van der Waals surface area contributed by atoms with Gasteiger partial charge in [-0.3, -0.25) is 0 Å². The maximum absolute atomic E-state index is 4.77. The number of aromatic nitrogens is 2. The minimum absolute atomic E-state index is 0.783. The maximum atomic E-state index is 4.77. The molecule has 1 N–H and O–H groups in total. The average molecular weight is 308 g/mol. The van der Waals surface area contributed by atoms with Crippen molar-refractivity contribution < 1.29 is 0 Å². The minimum atomic E-state index is 0.783. The molecule has 1 aromatic carbocycles. The van der Waals surface area contributed by atoms with Crippen LogP contribution in [0, 0.1) is 5.92 Å². The summed E-state index contributed by atoms with van der Waals surface area (Å²) in [5.41, 5.74) is 2.32. The number of nitrogens with one attached hydrogen (secondary N) is 1. The van der Waals surface area contributed by atoms with Gasteiger partial charge in [-0.05, 0) is 50.0 Å². The summed E-state index contributed by atoms with van der Waals surface area (Å²) in [5, 5.41) is 3.42. The second-order valence-corrected chi connectivity index (χ2v) is 6.03. The predicted molar refractivity (Wildman–Crippen MR) is 77.7 cm³/mol. The van der Waals surface area contributed by atoms with Crippen LogP contribution in [-0.4, -0.2) is 22.6 Å². The van der Waals surface area contributed by atoms with Crippen LogP contribution in [0.15, 0.2) is 22.7 Å². The molecule has 18 heavy (non-hydrogen) atoms. The summed E-state index contributed by atoms with van der Waals surface area (Å²) in [7, 11) is 2.12. The Bertz CT molecular complexity index is 555. The summed E-state index contributed by atoms with van der Waals surface area (Å²) in [6, 6.07) is 6.29. The number of fused-ring (bicyclic) bond motifs is 1. The van der Waals surface area contributed by atoms with E-state index in [2.05, 4.69) is 51.1 Å². The van der Waals surface area contributed by atoms with Crippen LogP contribution in [0.3, 0.4) is 0 Å². The molecule has 2 aromatic rings. The number of imidazole rings is 1. The highest BCUT2D eigenvalue weighted by molar-refractivity contribution is 9.10. The van der Waals surface area contributed by atoms with Crippen LogP contribution in [0.1, 0.15) is 18.7 Å². The van der Waals surface area contributed by atoms with E-state index >= 15 is 0 Å². The fourth-order valence-electron chi connectivity index (χ4n) is 2.74. The molecule has 4 heteroatoms. The monoisotopic (exact) mass is 307 g/mol. The molecule has 96 valence electrons. The summed E-state index contributed by atoms with van der Waals surface area (Å²) in [6.45, 7) is 2.31. The summed E-state index contributed by atoms with van der Waals surface area (Å²) in [4.78, 5) is 4.77. The van der Waals surface area contributed by atoms with Crippen molar-refractivity contribution in [2.75, 3.05) is 13.1 Å². The molecule has 0 spiro atoms. The van der Waals surface area contributed by atoms with E-state index in [4.69, 9.17) is 4.98 Å². The molecule has 0 atom stereocenters. The maximum Gasteiger partial charge on any atom is 0.109 e. The van der Waals surface area contributed by atoms with Gasteiger partial charge >= 0.3 is 0 Å². The van der Waals surface area contributed by atoms with Gasteiger partial charge in [0.05, 0.1) is 11.0 Å². The minimum Gasteiger partial charge on any atom is -0.331 e. The third-order valence-electron chi connectivity index (χ3n) is 3.87. The number of aryl methyl sites for hydroxylation is 1. The standard InChI is InChI=1S/C14H18BrN3/c1-18-13-9-11(15)2-3-12(13)17-14(18)8-10-4-6-16-7-5-10/h2-3,9-10,16H,4-8H2,1H3. The van der Waals surface area contributed by atoms with Crippen LogP contribution in [0.2, 0.25) is 0 Å². The molecule has 3 nitrogen and oxygen atoms in total. The number of benzene rings is 1. The van der Waals surface area contributed by atoms with Crippen LogP contribution < -0.4 is 5.32 Å². The zero-order valence-corrected chi connectivity index (χ0v) is 12.2. The molecule has 0 amide bonds. The van der Waals surface area contributed by atoms with Crippen molar-refractivity contribution in [2.24, 2.45) is 13.0 Å². The van der Waals surface area contributed by atoms with Crippen LogP contribution in [0.4, 0.5) is 0 Å². The molecule has 0 radical (unpaired) electrons. The van der Waals surface area contributed by atoms with Gasteiger partial charge in [0.25, 0.3) is 0 Å². The lowest BCUT2D eigenvalue weighted by atomic mass is 9.94. The fourth-order valence-corrected chi connectivity index (χ4v) is 3.09. The number of hydrogen-bond acceptors (Lipinski definition) is 2. The van der Waals surface area contributed by atoms with Crippen molar-refractivity contribution in [3.8, 4) is 0 Å². The Morgan fingerprint density at radius 1 is 1.39 bits per heavy atom. The Morgan fingerprint density at radius 2 is 2.17 bits per heavy atom. The van der Waals surface area contributed by atoms with Crippen molar-refractivity contribution in [3.63, 3.8) is 0 Å². The summed E-state index contributed by atoms with van der Waals surface area (Å²) >= 11 is 3.52. The lowest BCUT2D eigenvalue weighted by Gasteiger charge is -2.22. The molecule has 1 aromatic heterocycles. The number of rotatable bonds is 2. The van der Waals surface area contributed by atoms with E-state index in [1.54, 1.807) is 0 Å². The molecular formula is C14H18BrN3. The lowest BCUT2D eigenvalue weighted by molar-refractivity contribution is 0.365. The molecule has 1 saturated heterocycles. The topological polar surface area (TPSA) is 29.9 Å². The second-order valence-electron chi connectivity index (χ2n) is 5.12. The first kappa shape index (κ1) is 12.2. The number of piperidine rings is 1. The highest BCUT2D eigenvalue weighted by atomic mass is 79.9. The predicted octanol–water partition coefficient (Wildman–Crippen LogP) is 2.88. The summed E-state index contributed by atoms with van der Waals surface area (Å²) in [5.74, 6) is 2.00. The molecule has 1 aliphatic rings. The normalized spacial score (nSPS) is 17.4. The van der Waals surface area contributed by atoms with E-state index in [0.717, 1.165) is 35.4 Å². The fraction of sp³-hybridized carbons (Fsp3) is 0.500. The van der Waals surface area contributed by atoms with Crippen molar-refractivity contribution in [3.05, 3.63) is 28.5 Å². The van der Waals surface area contributed by atoms with Gasteiger partial charge in [0.2, 0.25) is 0 Å². The Labute approximate surface area is 116 Å². The zero-order chi connectivity index (χ0) is 12.5. The Hall–Kier alpha value is -0.870. The highest BCUT2D eigenvalue weighted by Crippen LogP contribution is 2.23. The molecule has 1 fully saturated rings. The molecule has 1 aliphatic heterocycles. The SMILES string of the molecule is Cn1c(CC2CCNCC2)nc2ccc(Br)cc21.